The Hall–Kier alpha value is -1.27. The van der Waals surface area contributed by atoms with E-state index in [4.69, 9.17) is 0 Å². The molecular weight excluding hydrogens is 273 g/mol. The number of alkyl halides is 3. The minimum atomic E-state index is -4.83. The molecule has 4 nitrogen and oxygen atoms in total. The Morgan fingerprint density at radius 2 is 1.80 bits per heavy atom. The van der Waals surface area contributed by atoms with E-state index in [0.717, 1.165) is 0 Å². The van der Waals surface area contributed by atoms with Gasteiger partial charge in [-0.05, 0) is 24.7 Å². The number of piperidine rings is 1. The molecular formula is C13H21F3N2O2. The molecule has 0 saturated carbocycles. The normalized spacial score (nSPS) is 17.4. The SMILES string of the molecule is CC(C)CC(=O)N1CCC(CNC(=O)C(F)(F)F)CC1. The molecule has 1 fully saturated rings. The number of rotatable bonds is 4. The van der Waals surface area contributed by atoms with Gasteiger partial charge in [0.05, 0.1) is 0 Å². The number of hydrogen-bond acceptors (Lipinski definition) is 2. The molecule has 1 aliphatic heterocycles. The summed E-state index contributed by atoms with van der Waals surface area (Å²) >= 11 is 0. The minimum Gasteiger partial charge on any atom is -0.348 e. The highest BCUT2D eigenvalue weighted by atomic mass is 19.4. The average Bonchev–Trinajstić information content (AvgIpc) is 2.34. The summed E-state index contributed by atoms with van der Waals surface area (Å²) in [6.07, 6.45) is -3.08. The summed E-state index contributed by atoms with van der Waals surface area (Å²) in [7, 11) is 0. The lowest BCUT2D eigenvalue weighted by atomic mass is 9.96. The second-order valence-corrected chi connectivity index (χ2v) is 5.63. The standard InChI is InChI=1S/C13H21F3N2O2/c1-9(2)7-11(19)18-5-3-10(4-6-18)8-17-12(20)13(14,15)16/h9-10H,3-8H2,1-2H3,(H,17,20). The smallest absolute Gasteiger partial charge is 0.348 e. The number of likely N-dealkylation sites (tertiary alicyclic amines) is 1. The number of hydrogen-bond donors (Lipinski definition) is 1. The largest absolute Gasteiger partial charge is 0.471 e. The van der Waals surface area contributed by atoms with Crippen molar-refractivity contribution in [3.63, 3.8) is 0 Å². The second kappa shape index (κ2) is 6.95. The number of halogens is 3. The highest BCUT2D eigenvalue weighted by molar-refractivity contribution is 5.81. The van der Waals surface area contributed by atoms with Gasteiger partial charge in [-0.3, -0.25) is 9.59 Å². The number of carbonyl (C=O) groups is 2. The van der Waals surface area contributed by atoms with E-state index in [1.165, 1.54) is 0 Å². The number of nitrogens with zero attached hydrogens (tertiary/aromatic N) is 1. The molecule has 1 rings (SSSR count). The third-order valence-electron chi connectivity index (χ3n) is 3.36. The van der Waals surface area contributed by atoms with Gasteiger partial charge in [0.2, 0.25) is 5.91 Å². The Labute approximate surface area is 116 Å². The molecule has 1 aliphatic rings. The molecule has 0 aromatic rings. The molecule has 0 radical (unpaired) electrons. The highest BCUT2D eigenvalue weighted by Crippen LogP contribution is 2.19. The predicted octanol–water partition coefficient (Wildman–Crippen LogP) is 1.95. The van der Waals surface area contributed by atoms with Gasteiger partial charge >= 0.3 is 12.1 Å². The summed E-state index contributed by atoms with van der Waals surface area (Å²) in [5, 5.41) is 1.90. The number of nitrogens with one attached hydrogen (secondary N) is 1. The highest BCUT2D eigenvalue weighted by Gasteiger charge is 2.38. The monoisotopic (exact) mass is 294 g/mol. The van der Waals surface area contributed by atoms with Crippen LogP contribution in [0.3, 0.4) is 0 Å². The van der Waals surface area contributed by atoms with Gasteiger partial charge in [0.25, 0.3) is 0 Å². The predicted molar refractivity (Wildman–Crippen MR) is 67.8 cm³/mol. The van der Waals surface area contributed by atoms with Gasteiger partial charge in [-0.15, -0.1) is 0 Å². The van der Waals surface area contributed by atoms with E-state index in [1.807, 2.05) is 19.2 Å². The fourth-order valence-corrected chi connectivity index (χ4v) is 2.20. The van der Waals surface area contributed by atoms with Crippen LogP contribution in [0.1, 0.15) is 33.1 Å². The summed E-state index contributed by atoms with van der Waals surface area (Å²) < 4.78 is 36.1. The van der Waals surface area contributed by atoms with Crippen molar-refractivity contribution in [3.8, 4) is 0 Å². The maximum atomic E-state index is 12.0. The Bertz CT molecular complexity index is 348. The number of amides is 2. The van der Waals surface area contributed by atoms with Crippen LogP contribution < -0.4 is 5.32 Å². The fourth-order valence-electron chi connectivity index (χ4n) is 2.20. The van der Waals surface area contributed by atoms with Gasteiger partial charge < -0.3 is 10.2 Å². The first kappa shape index (κ1) is 16.8. The molecule has 20 heavy (non-hydrogen) atoms. The minimum absolute atomic E-state index is 0.00407. The molecule has 1 N–H and O–H groups in total. The van der Waals surface area contributed by atoms with E-state index in [1.54, 1.807) is 4.90 Å². The maximum absolute atomic E-state index is 12.0. The molecule has 1 saturated heterocycles. The van der Waals surface area contributed by atoms with E-state index in [0.29, 0.717) is 38.3 Å². The van der Waals surface area contributed by atoms with Crippen molar-refractivity contribution >= 4 is 11.8 Å². The summed E-state index contributed by atoms with van der Waals surface area (Å²) in [6.45, 7) is 5.06. The quantitative estimate of drug-likeness (QED) is 0.861. The molecule has 2 amide bonds. The van der Waals surface area contributed by atoms with Crippen molar-refractivity contribution in [2.45, 2.75) is 39.3 Å². The van der Waals surface area contributed by atoms with Crippen LogP contribution in [0.2, 0.25) is 0 Å². The fraction of sp³-hybridized carbons (Fsp3) is 0.846. The summed E-state index contributed by atoms with van der Waals surface area (Å²) in [4.78, 5) is 24.3. The molecule has 0 aromatic carbocycles. The Kier molecular flexibility index (Phi) is 5.83. The lowest BCUT2D eigenvalue weighted by molar-refractivity contribution is -0.173. The van der Waals surface area contributed by atoms with E-state index >= 15 is 0 Å². The maximum Gasteiger partial charge on any atom is 0.471 e. The van der Waals surface area contributed by atoms with E-state index in [9.17, 15) is 22.8 Å². The van der Waals surface area contributed by atoms with Crippen LogP contribution >= 0.6 is 0 Å². The lowest BCUT2D eigenvalue weighted by Crippen LogP contribution is -2.44. The van der Waals surface area contributed by atoms with E-state index in [2.05, 4.69) is 0 Å². The molecule has 0 unspecified atom stereocenters. The molecule has 0 atom stereocenters. The zero-order valence-electron chi connectivity index (χ0n) is 11.8. The van der Waals surface area contributed by atoms with Crippen LogP contribution in [-0.2, 0) is 9.59 Å². The van der Waals surface area contributed by atoms with Gasteiger partial charge in [0.1, 0.15) is 0 Å². The third-order valence-corrected chi connectivity index (χ3v) is 3.36. The van der Waals surface area contributed by atoms with Crippen LogP contribution in [0.4, 0.5) is 13.2 Å². The van der Waals surface area contributed by atoms with Crippen molar-refractivity contribution in [2.24, 2.45) is 11.8 Å². The van der Waals surface area contributed by atoms with Crippen molar-refractivity contribution in [2.75, 3.05) is 19.6 Å². The van der Waals surface area contributed by atoms with Gasteiger partial charge in [-0.1, -0.05) is 13.8 Å². The van der Waals surface area contributed by atoms with E-state index in [-0.39, 0.29) is 18.4 Å². The van der Waals surface area contributed by atoms with Crippen LogP contribution in [0.15, 0.2) is 0 Å². The van der Waals surface area contributed by atoms with Crippen molar-refractivity contribution < 1.29 is 22.8 Å². The first-order valence-electron chi connectivity index (χ1n) is 6.83. The molecule has 1 heterocycles. The zero-order valence-corrected chi connectivity index (χ0v) is 11.8. The van der Waals surface area contributed by atoms with Crippen LogP contribution in [0.25, 0.3) is 0 Å². The van der Waals surface area contributed by atoms with E-state index < -0.39 is 12.1 Å². The van der Waals surface area contributed by atoms with Gasteiger partial charge in [0, 0.05) is 26.1 Å². The Morgan fingerprint density at radius 1 is 1.25 bits per heavy atom. The lowest BCUT2D eigenvalue weighted by Gasteiger charge is -2.32. The molecule has 0 aromatic heterocycles. The molecule has 0 aliphatic carbocycles. The van der Waals surface area contributed by atoms with Crippen LogP contribution in [0, 0.1) is 11.8 Å². The van der Waals surface area contributed by atoms with Gasteiger partial charge in [0.15, 0.2) is 0 Å². The molecule has 0 spiro atoms. The third kappa shape index (κ3) is 5.38. The van der Waals surface area contributed by atoms with Crippen LogP contribution in [0.5, 0.6) is 0 Å². The van der Waals surface area contributed by atoms with Crippen molar-refractivity contribution in [1.82, 2.24) is 10.2 Å². The second-order valence-electron chi connectivity index (χ2n) is 5.63. The summed E-state index contributed by atoms with van der Waals surface area (Å²) in [5.41, 5.74) is 0. The van der Waals surface area contributed by atoms with Gasteiger partial charge in [-0.2, -0.15) is 13.2 Å². The molecule has 7 heteroatoms. The first-order valence-corrected chi connectivity index (χ1v) is 6.83. The van der Waals surface area contributed by atoms with Crippen molar-refractivity contribution in [3.05, 3.63) is 0 Å². The number of carbonyl (C=O) groups excluding carboxylic acids is 2. The van der Waals surface area contributed by atoms with Crippen molar-refractivity contribution in [1.29, 1.82) is 0 Å². The average molecular weight is 294 g/mol. The molecule has 0 bridgehead atoms. The topological polar surface area (TPSA) is 49.4 Å². The summed E-state index contributed by atoms with van der Waals surface area (Å²) in [6, 6.07) is 0. The zero-order chi connectivity index (χ0) is 15.3. The van der Waals surface area contributed by atoms with Gasteiger partial charge in [-0.25, -0.2) is 0 Å². The summed E-state index contributed by atoms with van der Waals surface area (Å²) in [5.74, 6) is -1.50. The van der Waals surface area contributed by atoms with Crippen LogP contribution in [-0.4, -0.2) is 42.5 Å². The first-order chi connectivity index (χ1) is 9.20. The molecule has 116 valence electrons. The Balaban J connectivity index is 2.29. The Morgan fingerprint density at radius 3 is 2.25 bits per heavy atom.